The molecule has 1 aromatic carbocycles. The second kappa shape index (κ2) is 5.77. The van der Waals surface area contributed by atoms with Crippen LogP contribution in [0.1, 0.15) is 32.1 Å². The van der Waals surface area contributed by atoms with Gasteiger partial charge in [-0.15, -0.1) is 0 Å². The SMILES string of the molecule is NC1=NC2(CCCCC2)N(c2cc(Cl)c3cccnc3c2O)C(N)=N1. The number of phenolic OH excluding ortho intramolecular Hbond substituents is 1. The molecule has 1 aliphatic carbocycles. The van der Waals surface area contributed by atoms with Crippen LogP contribution in [0.2, 0.25) is 5.02 Å². The Bertz CT molecular complexity index is 903. The fourth-order valence-corrected chi connectivity index (χ4v) is 4.07. The Morgan fingerprint density at radius 1 is 1.20 bits per heavy atom. The zero-order valence-corrected chi connectivity index (χ0v) is 14.4. The molecule has 2 heterocycles. The van der Waals surface area contributed by atoms with Crippen LogP contribution in [0.25, 0.3) is 10.9 Å². The van der Waals surface area contributed by atoms with Gasteiger partial charge in [0, 0.05) is 11.6 Å². The summed E-state index contributed by atoms with van der Waals surface area (Å²) in [4.78, 5) is 14.8. The van der Waals surface area contributed by atoms with E-state index in [4.69, 9.17) is 23.1 Å². The van der Waals surface area contributed by atoms with Gasteiger partial charge in [-0.1, -0.05) is 18.0 Å². The minimum absolute atomic E-state index is 0.0127. The molecule has 8 heteroatoms. The summed E-state index contributed by atoms with van der Waals surface area (Å²) in [5.74, 6) is 0.384. The number of aliphatic imine (C=N–C) groups is 2. The van der Waals surface area contributed by atoms with Crippen molar-refractivity contribution in [2.24, 2.45) is 21.5 Å². The Kier molecular flexibility index (Phi) is 3.68. The number of aromatic nitrogens is 1. The standard InChI is InChI=1S/C17H19ClN6O/c18-11-9-12(14(25)13-10(11)5-4-8-21-13)24-16(20)22-15(19)23-17(24)6-2-1-3-7-17/h4-5,8-9,25H,1-3,6-7H2,(H4,19,20,22,23). The highest BCUT2D eigenvalue weighted by Gasteiger charge is 2.43. The Morgan fingerprint density at radius 3 is 2.72 bits per heavy atom. The van der Waals surface area contributed by atoms with E-state index in [2.05, 4.69) is 15.0 Å². The number of pyridine rings is 1. The predicted octanol–water partition coefficient (Wildman–Crippen LogP) is 2.70. The van der Waals surface area contributed by atoms with Crippen LogP contribution in [0.3, 0.4) is 0 Å². The van der Waals surface area contributed by atoms with Crippen molar-refractivity contribution in [3.8, 4) is 5.75 Å². The summed E-state index contributed by atoms with van der Waals surface area (Å²) < 4.78 is 0. The largest absolute Gasteiger partial charge is 0.504 e. The summed E-state index contributed by atoms with van der Waals surface area (Å²) in [6, 6.07) is 5.28. The van der Waals surface area contributed by atoms with Crippen molar-refractivity contribution in [2.75, 3.05) is 4.90 Å². The molecule has 7 nitrogen and oxygen atoms in total. The van der Waals surface area contributed by atoms with E-state index in [1.807, 2.05) is 6.07 Å². The summed E-state index contributed by atoms with van der Waals surface area (Å²) in [6.45, 7) is 0. The normalized spacial score (nSPS) is 19.8. The van der Waals surface area contributed by atoms with Gasteiger partial charge in [0.1, 0.15) is 11.2 Å². The second-order valence-corrected chi connectivity index (χ2v) is 6.85. The first-order chi connectivity index (χ1) is 12.0. The fourth-order valence-electron chi connectivity index (χ4n) is 3.81. The number of hydrogen-bond acceptors (Lipinski definition) is 7. The lowest BCUT2D eigenvalue weighted by atomic mass is 9.87. The summed E-state index contributed by atoms with van der Waals surface area (Å²) in [5.41, 5.74) is 12.3. The van der Waals surface area contributed by atoms with E-state index in [0.717, 1.165) is 32.1 Å². The zero-order chi connectivity index (χ0) is 17.6. The molecule has 2 aliphatic rings. The van der Waals surface area contributed by atoms with E-state index in [1.54, 1.807) is 23.2 Å². The number of nitrogens with two attached hydrogens (primary N) is 2. The molecule has 0 radical (unpaired) electrons. The number of phenols is 1. The van der Waals surface area contributed by atoms with Gasteiger partial charge in [-0.3, -0.25) is 9.88 Å². The molecule has 4 rings (SSSR count). The average molecular weight is 359 g/mol. The van der Waals surface area contributed by atoms with Gasteiger partial charge in [0.15, 0.2) is 5.75 Å². The third kappa shape index (κ3) is 2.46. The van der Waals surface area contributed by atoms with Crippen LogP contribution < -0.4 is 16.4 Å². The van der Waals surface area contributed by atoms with Crippen molar-refractivity contribution in [1.82, 2.24) is 4.98 Å². The third-order valence-electron chi connectivity index (χ3n) is 4.89. The van der Waals surface area contributed by atoms with Gasteiger partial charge in [0.05, 0.1) is 10.7 Å². The quantitative estimate of drug-likeness (QED) is 0.725. The van der Waals surface area contributed by atoms with Crippen LogP contribution in [0.4, 0.5) is 5.69 Å². The molecule has 0 unspecified atom stereocenters. The van der Waals surface area contributed by atoms with Crippen molar-refractivity contribution in [1.29, 1.82) is 0 Å². The van der Waals surface area contributed by atoms with Gasteiger partial charge < -0.3 is 16.6 Å². The van der Waals surface area contributed by atoms with Crippen LogP contribution in [0.5, 0.6) is 5.75 Å². The molecular formula is C17H19ClN6O. The van der Waals surface area contributed by atoms with Crippen molar-refractivity contribution < 1.29 is 5.11 Å². The monoisotopic (exact) mass is 358 g/mol. The lowest BCUT2D eigenvalue weighted by Gasteiger charge is -2.45. The van der Waals surface area contributed by atoms with Gasteiger partial charge in [-0.2, -0.15) is 4.99 Å². The smallest absolute Gasteiger partial charge is 0.220 e. The summed E-state index contributed by atoms with van der Waals surface area (Å²) in [6.07, 6.45) is 6.31. The summed E-state index contributed by atoms with van der Waals surface area (Å²) in [7, 11) is 0. The van der Waals surface area contributed by atoms with Crippen LogP contribution in [0, 0.1) is 0 Å². The fraction of sp³-hybridized carbons (Fsp3) is 0.353. The lowest BCUT2D eigenvalue weighted by molar-refractivity contribution is 0.304. The van der Waals surface area contributed by atoms with Crippen molar-refractivity contribution >= 4 is 40.1 Å². The average Bonchev–Trinajstić information content (AvgIpc) is 2.59. The van der Waals surface area contributed by atoms with E-state index in [1.165, 1.54) is 0 Å². The molecule has 0 atom stereocenters. The highest BCUT2D eigenvalue weighted by atomic mass is 35.5. The number of guanidine groups is 2. The van der Waals surface area contributed by atoms with Crippen LogP contribution in [-0.2, 0) is 0 Å². The molecule has 5 N–H and O–H groups in total. The van der Waals surface area contributed by atoms with Crippen LogP contribution >= 0.6 is 11.6 Å². The van der Waals surface area contributed by atoms with E-state index < -0.39 is 5.66 Å². The highest BCUT2D eigenvalue weighted by molar-refractivity contribution is 6.36. The molecule has 2 aromatic rings. The maximum absolute atomic E-state index is 10.9. The van der Waals surface area contributed by atoms with Gasteiger partial charge in [0.25, 0.3) is 0 Å². The molecular weight excluding hydrogens is 340 g/mol. The number of rotatable bonds is 1. The molecule has 1 aliphatic heterocycles. The number of hydrogen-bond donors (Lipinski definition) is 3. The predicted molar refractivity (Wildman–Crippen MR) is 100.0 cm³/mol. The number of benzene rings is 1. The first-order valence-electron chi connectivity index (χ1n) is 8.28. The molecule has 25 heavy (non-hydrogen) atoms. The number of halogens is 1. The van der Waals surface area contributed by atoms with Crippen LogP contribution in [-0.4, -0.2) is 27.7 Å². The minimum Gasteiger partial charge on any atom is -0.504 e. The molecule has 1 aromatic heterocycles. The summed E-state index contributed by atoms with van der Waals surface area (Å²) >= 11 is 6.44. The minimum atomic E-state index is -0.641. The molecule has 1 saturated carbocycles. The second-order valence-electron chi connectivity index (χ2n) is 6.44. The molecule has 1 fully saturated rings. The summed E-state index contributed by atoms with van der Waals surface area (Å²) in [5, 5.41) is 12.0. The molecule has 0 bridgehead atoms. The first kappa shape index (κ1) is 16.0. The molecule has 0 amide bonds. The maximum atomic E-state index is 10.9. The maximum Gasteiger partial charge on any atom is 0.220 e. The van der Waals surface area contributed by atoms with E-state index in [-0.39, 0.29) is 17.7 Å². The van der Waals surface area contributed by atoms with Crippen molar-refractivity contribution in [2.45, 2.75) is 37.8 Å². The number of fused-ring (bicyclic) bond motifs is 1. The highest BCUT2D eigenvalue weighted by Crippen LogP contribution is 2.45. The third-order valence-corrected chi connectivity index (χ3v) is 5.20. The number of nitrogens with zero attached hydrogens (tertiary/aromatic N) is 4. The molecule has 1 spiro atoms. The van der Waals surface area contributed by atoms with E-state index in [9.17, 15) is 5.11 Å². The van der Waals surface area contributed by atoms with Gasteiger partial charge >= 0.3 is 0 Å². The Morgan fingerprint density at radius 2 is 1.96 bits per heavy atom. The Balaban J connectivity index is 1.94. The van der Waals surface area contributed by atoms with Crippen LogP contribution in [0.15, 0.2) is 34.4 Å². The number of aromatic hydroxyl groups is 1. The van der Waals surface area contributed by atoms with E-state index in [0.29, 0.717) is 21.6 Å². The molecule has 0 saturated heterocycles. The van der Waals surface area contributed by atoms with Crippen molar-refractivity contribution in [3.63, 3.8) is 0 Å². The topological polar surface area (TPSA) is 113 Å². The number of anilines is 1. The molecule has 130 valence electrons. The van der Waals surface area contributed by atoms with Gasteiger partial charge in [-0.05, 0) is 43.9 Å². The van der Waals surface area contributed by atoms with Gasteiger partial charge in [0.2, 0.25) is 11.9 Å². The van der Waals surface area contributed by atoms with Gasteiger partial charge in [-0.25, -0.2) is 4.99 Å². The Labute approximate surface area is 150 Å². The zero-order valence-electron chi connectivity index (χ0n) is 13.6. The Hall–Kier alpha value is -2.54. The lowest BCUT2D eigenvalue weighted by Crippen LogP contribution is -2.58. The van der Waals surface area contributed by atoms with E-state index >= 15 is 0 Å². The van der Waals surface area contributed by atoms with Crippen molar-refractivity contribution in [3.05, 3.63) is 29.4 Å². The first-order valence-corrected chi connectivity index (χ1v) is 8.65.